The summed E-state index contributed by atoms with van der Waals surface area (Å²) in [5.41, 5.74) is 0. The molecule has 1 fully saturated rings. The Hall–Kier alpha value is -0.0151. The van der Waals surface area contributed by atoms with E-state index in [4.69, 9.17) is 0 Å². The summed E-state index contributed by atoms with van der Waals surface area (Å²) in [5, 5.41) is 0. The molecule has 0 spiro atoms. The topological polar surface area (TPSA) is 6.48 Å². The van der Waals surface area contributed by atoms with Crippen LogP contribution in [0.25, 0.3) is 0 Å². The second-order valence-corrected chi connectivity index (χ2v) is 3.96. The quantitative estimate of drug-likeness (QED) is 0.599. The summed E-state index contributed by atoms with van der Waals surface area (Å²) in [6.07, 6.45) is 3.85. The van der Waals surface area contributed by atoms with Gasteiger partial charge in [0.2, 0.25) is 0 Å². The molecule has 0 aliphatic carbocycles. The van der Waals surface area contributed by atoms with E-state index < -0.39 is 0 Å². The van der Waals surface area contributed by atoms with Crippen molar-refractivity contribution in [2.24, 2.45) is 0 Å². The van der Waals surface area contributed by atoms with Crippen LogP contribution in [0.3, 0.4) is 0 Å². The van der Waals surface area contributed by atoms with Gasteiger partial charge in [-0.1, -0.05) is 20.8 Å². The lowest BCUT2D eigenvalue weighted by Gasteiger charge is -2.25. The normalized spacial score (nSPS) is 20.1. The third kappa shape index (κ3) is 2.71. The summed E-state index contributed by atoms with van der Waals surface area (Å²) in [6, 6.07) is 0. The van der Waals surface area contributed by atoms with E-state index in [0.29, 0.717) is 0 Å². The molecule has 0 bridgehead atoms. The summed E-state index contributed by atoms with van der Waals surface area (Å²) in [7, 11) is 0. The number of hydrogen-bond acceptors (Lipinski definition) is 2. The van der Waals surface area contributed by atoms with E-state index in [1.165, 1.54) is 45.3 Å². The lowest BCUT2D eigenvalue weighted by atomic mass is 9.70. The zero-order chi connectivity index (χ0) is 9.68. The van der Waals surface area contributed by atoms with Gasteiger partial charge in [-0.2, -0.15) is 0 Å². The zero-order valence-electron chi connectivity index (χ0n) is 9.42. The van der Waals surface area contributed by atoms with Gasteiger partial charge in [0.25, 0.3) is 0 Å². The lowest BCUT2D eigenvalue weighted by molar-refractivity contribution is 0.461. The average Bonchev–Trinajstić information content (AvgIpc) is 2.49. The van der Waals surface area contributed by atoms with Crippen LogP contribution in [0.1, 0.15) is 33.6 Å². The first-order valence-electron chi connectivity index (χ1n) is 5.81. The minimum atomic E-state index is 0.736. The maximum atomic E-state index is 2.63. The SMILES string of the molecule is CCCN1CCN(CCC)B1CC. The lowest BCUT2D eigenvalue weighted by Crippen LogP contribution is -2.43. The van der Waals surface area contributed by atoms with Crippen molar-refractivity contribution in [3.05, 3.63) is 0 Å². The van der Waals surface area contributed by atoms with Crippen LogP contribution < -0.4 is 0 Å². The van der Waals surface area contributed by atoms with Gasteiger partial charge >= 0.3 is 6.98 Å². The van der Waals surface area contributed by atoms with Crippen LogP contribution in [-0.4, -0.2) is 42.8 Å². The van der Waals surface area contributed by atoms with Crippen molar-refractivity contribution in [2.45, 2.75) is 39.9 Å². The number of nitrogens with zero attached hydrogens (tertiary/aromatic N) is 2. The van der Waals surface area contributed by atoms with Gasteiger partial charge in [0.1, 0.15) is 0 Å². The van der Waals surface area contributed by atoms with Gasteiger partial charge in [-0.25, -0.2) is 0 Å². The largest absolute Gasteiger partial charge is 0.327 e. The van der Waals surface area contributed by atoms with Crippen molar-refractivity contribution in [3.63, 3.8) is 0 Å². The van der Waals surface area contributed by atoms with Gasteiger partial charge in [0, 0.05) is 13.1 Å². The fourth-order valence-electron chi connectivity index (χ4n) is 2.40. The van der Waals surface area contributed by atoms with Crippen LogP contribution >= 0.6 is 0 Å². The average molecular weight is 182 g/mol. The molecule has 13 heavy (non-hydrogen) atoms. The molecule has 1 aliphatic rings. The van der Waals surface area contributed by atoms with Crippen molar-refractivity contribution >= 4 is 6.98 Å². The van der Waals surface area contributed by atoms with Crippen molar-refractivity contribution in [3.8, 4) is 0 Å². The molecule has 76 valence electrons. The van der Waals surface area contributed by atoms with Gasteiger partial charge in [-0.15, -0.1) is 0 Å². The van der Waals surface area contributed by atoms with Gasteiger partial charge < -0.3 is 9.62 Å². The van der Waals surface area contributed by atoms with E-state index in [2.05, 4.69) is 30.4 Å². The van der Waals surface area contributed by atoms with Crippen LogP contribution in [0.15, 0.2) is 0 Å². The van der Waals surface area contributed by atoms with E-state index in [-0.39, 0.29) is 0 Å². The van der Waals surface area contributed by atoms with Gasteiger partial charge in [-0.3, -0.25) is 0 Å². The monoisotopic (exact) mass is 182 g/mol. The van der Waals surface area contributed by atoms with Crippen molar-refractivity contribution in [1.29, 1.82) is 0 Å². The molecule has 0 radical (unpaired) electrons. The summed E-state index contributed by atoms with van der Waals surface area (Å²) in [5.74, 6) is 0. The smallest absolute Gasteiger partial charge is 0.310 e. The Balaban J connectivity index is 2.42. The summed E-state index contributed by atoms with van der Waals surface area (Å²) >= 11 is 0. The predicted molar refractivity (Wildman–Crippen MR) is 60.0 cm³/mol. The number of hydrogen-bond donors (Lipinski definition) is 0. The van der Waals surface area contributed by atoms with E-state index in [0.717, 1.165) is 6.98 Å². The molecular weight excluding hydrogens is 159 g/mol. The molecule has 0 aromatic rings. The fraction of sp³-hybridized carbons (Fsp3) is 1.00. The van der Waals surface area contributed by atoms with Crippen LogP contribution in [0.5, 0.6) is 0 Å². The minimum Gasteiger partial charge on any atom is -0.327 e. The maximum Gasteiger partial charge on any atom is 0.310 e. The third-order valence-corrected chi connectivity index (χ3v) is 2.90. The van der Waals surface area contributed by atoms with Crippen molar-refractivity contribution in [1.82, 2.24) is 9.62 Å². The Kier molecular flexibility index (Phi) is 4.82. The molecule has 0 atom stereocenters. The van der Waals surface area contributed by atoms with E-state index in [1.807, 2.05) is 0 Å². The highest BCUT2D eigenvalue weighted by Gasteiger charge is 2.33. The molecule has 1 aliphatic heterocycles. The Labute approximate surface area is 83.4 Å². The van der Waals surface area contributed by atoms with E-state index in [1.54, 1.807) is 0 Å². The molecule has 0 amide bonds. The minimum absolute atomic E-state index is 0.736. The Morgan fingerprint density at radius 1 is 0.923 bits per heavy atom. The Bertz CT molecular complexity index is 127. The van der Waals surface area contributed by atoms with Gasteiger partial charge in [0.05, 0.1) is 0 Å². The molecule has 3 heteroatoms. The molecule has 0 saturated carbocycles. The standard InChI is InChI=1S/C10H23BN2/c1-4-7-12-9-10-13(8-5-2)11(12)6-3/h4-10H2,1-3H3. The highest BCUT2D eigenvalue weighted by Crippen LogP contribution is 2.14. The summed E-state index contributed by atoms with van der Waals surface area (Å²) in [6.45, 7) is 12.7. The molecule has 1 heterocycles. The first-order valence-corrected chi connectivity index (χ1v) is 5.81. The van der Waals surface area contributed by atoms with Gasteiger partial charge in [-0.05, 0) is 32.3 Å². The molecule has 0 N–H and O–H groups in total. The molecule has 2 nitrogen and oxygen atoms in total. The van der Waals surface area contributed by atoms with Gasteiger partial charge in [0.15, 0.2) is 0 Å². The third-order valence-electron chi connectivity index (χ3n) is 2.90. The molecule has 0 aromatic heterocycles. The van der Waals surface area contributed by atoms with Crippen LogP contribution in [-0.2, 0) is 0 Å². The maximum absolute atomic E-state index is 2.63. The Morgan fingerprint density at radius 2 is 1.38 bits per heavy atom. The molecule has 0 unspecified atom stereocenters. The van der Waals surface area contributed by atoms with Crippen molar-refractivity contribution < 1.29 is 0 Å². The highest BCUT2D eigenvalue weighted by molar-refractivity contribution is 6.53. The Morgan fingerprint density at radius 3 is 1.69 bits per heavy atom. The molecule has 1 saturated heterocycles. The second-order valence-electron chi connectivity index (χ2n) is 3.96. The van der Waals surface area contributed by atoms with Crippen LogP contribution in [0, 0.1) is 0 Å². The highest BCUT2D eigenvalue weighted by atomic mass is 15.3. The summed E-state index contributed by atoms with van der Waals surface area (Å²) < 4.78 is 0. The summed E-state index contributed by atoms with van der Waals surface area (Å²) in [4.78, 5) is 5.27. The first kappa shape index (κ1) is 11.1. The molecule has 0 aromatic carbocycles. The van der Waals surface area contributed by atoms with E-state index in [9.17, 15) is 0 Å². The fourth-order valence-corrected chi connectivity index (χ4v) is 2.40. The predicted octanol–water partition coefficient (Wildman–Crippen LogP) is 1.93. The number of rotatable bonds is 5. The molecule has 1 rings (SSSR count). The van der Waals surface area contributed by atoms with Crippen LogP contribution in [0.4, 0.5) is 0 Å². The zero-order valence-corrected chi connectivity index (χ0v) is 9.42. The van der Waals surface area contributed by atoms with Crippen molar-refractivity contribution in [2.75, 3.05) is 26.2 Å². The molecular formula is C10H23BN2. The van der Waals surface area contributed by atoms with Crippen LogP contribution in [0.2, 0.25) is 6.32 Å². The second kappa shape index (κ2) is 5.66. The first-order chi connectivity index (χ1) is 6.33. The van der Waals surface area contributed by atoms with E-state index >= 15 is 0 Å².